The van der Waals surface area contributed by atoms with Gasteiger partial charge in [-0.2, -0.15) is 0 Å². The molecule has 0 spiro atoms. The van der Waals surface area contributed by atoms with Crippen molar-refractivity contribution < 1.29 is 18.9 Å². The van der Waals surface area contributed by atoms with Crippen molar-refractivity contribution in [1.29, 1.82) is 0 Å². The van der Waals surface area contributed by atoms with Crippen molar-refractivity contribution in [3.63, 3.8) is 0 Å². The van der Waals surface area contributed by atoms with Gasteiger partial charge < -0.3 is 9.79 Å². The zero-order valence-corrected chi connectivity index (χ0v) is 35.4. The molecule has 4 nitrogen and oxygen atoms in total. The summed E-state index contributed by atoms with van der Waals surface area (Å²) in [6.07, 6.45) is 40.4. The van der Waals surface area contributed by atoms with Crippen molar-refractivity contribution >= 4 is 59.2 Å². The summed E-state index contributed by atoms with van der Waals surface area (Å²) >= 11 is 0. The summed E-state index contributed by atoms with van der Waals surface area (Å²) in [6, 6.07) is 0. The summed E-state index contributed by atoms with van der Waals surface area (Å²) in [5.41, 5.74) is 0. The van der Waals surface area contributed by atoms with Gasteiger partial charge in [0.15, 0.2) is 0 Å². The van der Waals surface area contributed by atoms with Gasteiger partial charge in [-0.3, -0.25) is 4.52 Å². The molecule has 0 heterocycles. The second-order valence-electron chi connectivity index (χ2n) is 24.7. The van der Waals surface area contributed by atoms with Gasteiger partial charge in [-0.25, -0.2) is 4.57 Å². The van der Waals surface area contributed by atoms with E-state index in [0.29, 0.717) is 11.8 Å². The maximum atomic E-state index is 11.9. The molecule has 2 N–H and O–H groups in total. The Kier molecular flexibility index (Phi) is 11.6. The second kappa shape index (κ2) is 16.1. The summed E-state index contributed by atoms with van der Waals surface area (Å²) in [4.78, 5) is 19.3. The molecule has 0 radical (unpaired) electrons. The number of phosphoric ester groups is 1. The predicted molar refractivity (Wildman–Crippen MR) is 226 cm³/mol. The quantitative estimate of drug-likeness (QED) is 0.215. The van der Waals surface area contributed by atoms with Crippen LogP contribution in [0.25, 0.3) is 0 Å². The molecule has 12 saturated carbocycles. The first-order chi connectivity index (χ1) is 26.7. The monoisotopic (exact) mass is 815 g/mol. The number of rotatable bonds is 2. The third-order valence-corrected chi connectivity index (χ3v) is 23.1. The van der Waals surface area contributed by atoms with Crippen molar-refractivity contribution in [2.24, 2.45) is 130 Å². The summed E-state index contributed by atoms with van der Waals surface area (Å²) in [7, 11) is -4.42. The molecule has 12 fully saturated rings. The molecule has 23 atom stereocenters. The normalized spacial score (nSPS) is 57.1. The van der Waals surface area contributed by atoms with Gasteiger partial charge in [-0.1, -0.05) is 32.1 Å². The van der Waals surface area contributed by atoms with Crippen LogP contribution < -0.4 is 0 Å². The van der Waals surface area contributed by atoms with Gasteiger partial charge in [-0.05, 0) is 271 Å². The SMILES string of the molecule is O=P(O)(O)OC1CCCC2CC3CC4CC5CC6CC7CC8CC9CC%10CC%11CC%12CCCCC%12CC%11CC%10CC9CC8CC7CC6CC5CC4CC3CC21.[KH]. The molecule has 0 saturated heterocycles. The van der Waals surface area contributed by atoms with Gasteiger partial charge in [0, 0.05) is 0 Å². The fraction of sp³-hybridized carbons (Fsp3) is 1.00. The van der Waals surface area contributed by atoms with E-state index in [4.69, 9.17) is 4.52 Å². The summed E-state index contributed by atoms with van der Waals surface area (Å²) < 4.78 is 17.3. The van der Waals surface area contributed by atoms with Crippen LogP contribution in [-0.2, 0) is 9.09 Å². The van der Waals surface area contributed by atoms with Crippen LogP contribution in [0.15, 0.2) is 0 Å². The average molecular weight is 815 g/mol. The van der Waals surface area contributed by atoms with Crippen LogP contribution in [0.4, 0.5) is 0 Å². The van der Waals surface area contributed by atoms with Crippen LogP contribution in [0.3, 0.4) is 0 Å². The van der Waals surface area contributed by atoms with Crippen molar-refractivity contribution in [3.05, 3.63) is 0 Å². The first kappa shape index (κ1) is 40.5. The van der Waals surface area contributed by atoms with Crippen molar-refractivity contribution in [2.75, 3.05) is 0 Å². The molecule has 310 valence electrons. The van der Waals surface area contributed by atoms with Crippen LogP contribution in [-0.4, -0.2) is 67.3 Å². The summed E-state index contributed by atoms with van der Waals surface area (Å²) in [5, 5.41) is 0. The summed E-state index contributed by atoms with van der Waals surface area (Å²) in [6.45, 7) is 0. The van der Waals surface area contributed by atoms with Crippen LogP contribution in [0.5, 0.6) is 0 Å². The van der Waals surface area contributed by atoms with Crippen LogP contribution in [0.1, 0.15) is 173 Å². The number of phosphoric acid groups is 1. The van der Waals surface area contributed by atoms with Crippen molar-refractivity contribution in [2.45, 2.75) is 179 Å². The number of hydrogen-bond acceptors (Lipinski definition) is 2. The molecule has 0 amide bonds. The first-order valence-electron chi connectivity index (χ1n) is 25.5. The molecule has 56 heavy (non-hydrogen) atoms. The van der Waals surface area contributed by atoms with Crippen LogP contribution >= 0.6 is 7.82 Å². The average Bonchev–Trinajstić information content (AvgIpc) is 3.15. The molecule has 12 aliphatic carbocycles. The Morgan fingerprint density at radius 3 is 0.821 bits per heavy atom. The maximum absolute atomic E-state index is 11.9. The molecule has 0 aromatic heterocycles. The van der Waals surface area contributed by atoms with Crippen LogP contribution in [0, 0.1) is 130 Å². The fourth-order valence-corrected chi connectivity index (χ4v) is 21.2. The Morgan fingerprint density at radius 1 is 0.304 bits per heavy atom. The van der Waals surface area contributed by atoms with Gasteiger partial charge in [0.25, 0.3) is 0 Å². The summed E-state index contributed by atoms with van der Waals surface area (Å²) in [5.74, 6) is 21.8. The second-order valence-corrected chi connectivity index (χ2v) is 25.9. The van der Waals surface area contributed by atoms with Crippen LogP contribution in [0.2, 0.25) is 0 Å². The predicted octanol–water partition coefficient (Wildman–Crippen LogP) is 12.1. The van der Waals surface area contributed by atoms with E-state index in [-0.39, 0.29) is 57.5 Å². The van der Waals surface area contributed by atoms with Gasteiger partial charge in [0.2, 0.25) is 0 Å². The molecule has 6 heteroatoms. The third kappa shape index (κ3) is 7.65. The molecule has 0 aromatic rings. The Balaban J connectivity index is 0.00000363. The van der Waals surface area contributed by atoms with E-state index in [9.17, 15) is 14.4 Å². The Bertz CT molecular complexity index is 1470. The fourth-order valence-electron chi connectivity index (χ4n) is 20.6. The van der Waals surface area contributed by atoms with E-state index in [1.165, 1.54) is 51.4 Å². The zero-order chi connectivity index (χ0) is 36.6. The topological polar surface area (TPSA) is 66.8 Å². The first-order valence-corrected chi connectivity index (χ1v) is 27.0. The third-order valence-electron chi connectivity index (χ3n) is 22.6. The van der Waals surface area contributed by atoms with Crippen molar-refractivity contribution in [1.82, 2.24) is 0 Å². The van der Waals surface area contributed by atoms with Gasteiger partial charge >= 0.3 is 59.2 Å². The number of hydrogen-bond donors (Lipinski definition) is 2. The van der Waals surface area contributed by atoms with Crippen molar-refractivity contribution in [3.8, 4) is 0 Å². The molecule has 23 unspecified atom stereocenters. The molecule has 0 aliphatic heterocycles. The van der Waals surface area contributed by atoms with Gasteiger partial charge in [-0.15, -0.1) is 0 Å². The van der Waals surface area contributed by atoms with E-state index >= 15 is 0 Å². The van der Waals surface area contributed by atoms with E-state index < -0.39 is 7.82 Å². The molecular formula is C50H80KO4P. The standard InChI is InChI=1S/C50H79O4P.K.H/c51-55(52,53)54-50-7-3-6-30-10-33-13-36-16-39-19-42-22-43-20-40-17-37-14-34-11-31-8-28-4-1-2-5-29(28)9-32(31)12-35(34)15-38(37)18-41(40)21-44(43)23-45(42)24-46(39)25-47(36)26-48(33)27-49(30)50;;/h28-50H,1-27H2,(H2,51,52,53);;. The zero-order valence-electron chi connectivity index (χ0n) is 34.5. The minimum absolute atomic E-state index is 0. The minimum atomic E-state index is -4.42. The molecule has 0 aromatic carbocycles. The molecule has 12 rings (SSSR count). The van der Waals surface area contributed by atoms with E-state index in [2.05, 4.69) is 0 Å². The van der Waals surface area contributed by atoms with E-state index in [1.54, 1.807) is 109 Å². The van der Waals surface area contributed by atoms with E-state index in [0.717, 1.165) is 131 Å². The number of fused-ring (bicyclic) bond motifs is 11. The van der Waals surface area contributed by atoms with Gasteiger partial charge in [0.05, 0.1) is 6.10 Å². The molecular weight excluding hydrogens is 735 g/mol. The Morgan fingerprint density at radius 2 is 0.536 bits per heavy atom. The van der Waals surface area contributed by atoms with Gasteiger partial charge in [0.1, 0.15) is 0 Å². The molecule has 0 bridgehead atoms. The van der Waals surface area contributed by atoms with E-state index in [1.807, 2.05) is 0 Å². The Hall–Kier alpha value is 1.75. The Labute approximate surface area is 384 Å². The molecule has 12 aliphatic rings.